The number of nitro groups is 1. The highest BCUT2D eigenvalue weighted by molar-refractivity contribution is 5.81. The van der Waals surface area contributed by atoms with Gasteiger partial charge in [-0.15, -0.1) is 0 Å². The van der Waals surface area contributed by atoms with E-state index in [0.717, 1.165) is 19.2 Å². The minimum atomic E-state index is -1.45. The highest BCUT2D eigenvalue weighted by atomic mass is 19.1. The molecule has 1 aromatic rings. The molecule has 1 unspecified atom stereocenters. The molecule has 6 nitrogen and oxygen atoms in total. The van der Waals surface area contributed by atoms with E-state index in [4.69, 9.17) is 6.57 Å². The summed E-state index contributed by atoms with van der Waals surface area (Å²) in [4.78, 5) is 25.1. The summed E-state index contributed by atoms with van der Waals surface area (Å²) in [5.41, 5.74) is -0.593. The first-order chi connectivity index (χ1) is 9.51. The molecule has 7 heteroatoms. The quantitative estimate of drug-likeness (QED) is 0.367. The third-order valence-electron chi connectivity index (χ3n) is 3.21. The second-order valence-corrected chi connectivity index (χ2v) is 4.49. The SMILES string of the molecule is [C-]#[N+]C(C(=O)OC)c1ccc(F)c(C2CC2)c1[N+](=O)[O-]. The van der Waals surface area contributed by atoms with E-state index in [1.165, 1.54) is 0 Å². The van der Waals surface area contributed by atoms with E-state index < -0.39 is 28.4 Å². The Bertz CT molecular complexity index is 620. The largest absolute Gasteiger partial charge is 0.463 e. The lowest BCUT2D eigenvalue weighted by atomic mass is 9.98. The Morgan fingerprint density at radius 1 is 1.60 bits per heavy atom. The molecule has 0 radical (unpaired) electrons. The number of carbonyl (C=O) groups is 1. The number of hydrogen-bond donors (Lipinski definition) is 0. The third-order valence-corrected chi connectivity index (χ3v) is 3.21. The Morgan fingerprint density at radius 2 is 2.25 bits per heavy atom. The second kappa shape index (κ2) is 5.25. The molecule has 0 aromatic heterocycles. The summed E-state index contributed by atoms with van der Waals surface area (Å²) in [6.07, 6.45) is 1.34. The summed E-state index contributed by atoms with van der Waals surface area (Å²) < 4.78 is 18.3. The van der Waals surface area contributed by atoms with Crippen molar-refractivity contribution in [3.63, 3.8) is 0 Å². The van der Waals surface area contributed by atoms with Crippen molar-refractivity contribution in [2.45, 2.75) is 24.8 Å². The van der Waals surface area contributed by atoms with Crippen molar-refractivity contribution in [2.24, 2.45) is 0 Å². The molecule has 0 N–H and O–H groups in total. The Kier molecular flexibility index (Phi) is 3.66. The summed E-state index contributed by atoms with van der Waals surface area (Å²) in [5, 5.41) is 11.2. The van der Waals surface area contributed by atoms with Crippen LogP contribution in [0, 0.1) is 22.5 Å². The number of carbonyl (C=O) groups excluding carboxylic acids is 1. The van der Waals surface area contributed by atoms with Crippen molar-refractivity contribution in [1.82, 2.24) is 0 Å². The lowest BCUT2D eigenvalue weighted by Gasteiger charge is -2.09. The number of nitrogens with zero attached hydrogens (tertiary/aromatic N) is 2. The van der Waals surface area contributed by atoms with Crippen LogP contribution in [0.2, 0.25) is 0 Å². The van der Waals surface area contributed by atoms with Crippen LogP contribution >= 0.6 is 0 Å². The summed E-state index contributed by atoms with van der Waals surface area (Å²) in [5.74, 6) is -1.77. The number of methoxy groups -OCH3 is 1. The molecule has 1 aliphatic rings. The van der Waals surface area contributed by atoms with Crippen molar-refractivity contribution in [3.8, 4) is 0 Å². The van der Waals surface area contributed by atoms with Gasteiger partial charge in [0.2, 0.25) is 0 Å². The zero-order chi connectivity index (χ0) is 14.9. The Hall–Kier alpha value is -2.49. The van der Waals surface area contributed by atoms with E-state index >= 15 is 0 Å². The highest BCUT2D eigenvalue weighted by Crippen LogP contribution is 2.47. The van der Waals surface area contributed by atoms with Crippen LogP contribution in [0.25, 0.3) is 4.85 Å². The molecule has 0 aliphatic heterocycles. The van der Waals surface area contributed by atoms with Gasteiger partial charge < -0.3 is 4.74 Å². The second-order valence-electron chi connectivity index (χ2n) is 4.49. The molecular weight excluding hydrogens is 267 g/mol. The van der Waals surface area contributed by atoms with E-state index in [1.54, 1.807) is 0 Å². The van der Waals surface area contributed by atoms with E-state index in [9.17, 15) is 19.3 Å². The zero-order valence-corrected chi connectivity index (χ0v) is 10.6. The van der Waals surface area contributed by atoms with Gasteiger partial charge in [0.15, 0.2) is 0 Å². The third kappa shape index (κ3) is 2.32. The predicted molar refractivity (Wildman–Crippen MR) is 66.4 cm³/mol. The van der Waals surface area contributed by atoms with E-state index in [2.05, 4.69) is 9.58 Å². The number of rotatable bonds is 4. The van der Waals surface area contributed by atoms with E-state index in [1.807, 2.05) is 0 Å². The van der Waals surface area contributed by atoms with Gasteiger partial charge in [0.05, 0.1) is 17.6 Å². The van der Waals surface area contributed by atoms with Gasteiger partial charge in [-0.2, -0.15) is 0 Å². The number of hydrogen-bond acceptors (Lipinski definition) is 4. The maximum Gasteiger partial charge on any atom is 0.395 e. The number of benzene rings is 1. The molecular formula is C13H11FN2O4. The Morgan fingerprint density at radius 3 is 2.70 bits per heavy atom. The van der Waals surface area contributed by atoms with Gasteiger partial charge in [0.1, 0.15) is 11.4 Å². The minimum absolute atomic E-state index is 0.00921. The molecule has 0 bridgehead atoms. The highest BCUT2D eigenvalue weighted by Gasteiger charge is 2.41. The maximum atomic E-state index is 13.8. The number of nitro benzene ring substituents is 1. The molecule has 2 rings (SSSR count). The smallest absolute Gasteiger partial charge is 0.395 e. The van der Waals surface area contributed by atoms with Gasteiger partial charge in [-0.1, -0.05) is 0 Å². The summed E-state index contributed by atoms with van der Waals surface area (Å²) in [6, 6.07) is 0.731. The molecule has 104 valence electrons. The van der Waals surface area contributed by atoms with Gasteiger partial charge in [0, 0.05) is 0 Å². The van der Waals surface area contributed by atoms with Gasteiger partial charge in [-0.05, 0) is 30.9 Å². The molecule has 0 amide bonds. The first kappa shape index (κ1) is 13.9. The Balaban J connectivity index is 2.64. The van der Waals surface area contributed by atoms with Gasteiger partial charge in [-0.25, -0.2) is 15.8 Å². The van der Waals surface area contributed by atoms with Crippen LogP contribution in [-0.4, -0.2) is 18.0 Å². The lowest BCUT2D eigenvalue weighted by molar-refractivity contribution is -0.386. The molecule has 1 atom stereocenters. The van der Waals surface area contributed by atoms with Crippen LogP contribution in [0.1, 0.15) is 35.9 Å². The molecule has 1 saturated carbocycles. The summed E-state index contributed by atoms with van der Waals surface area (Å²) in [7, 11) is 1.09. The van der Waals surface area contributed by atoms with Gasteiger partial charge in [0.25, 0.3) is 5.69 Å². The molecule has 0 heterocycles. The van der Waals surface area contributed by atoms with Crippen LogP contribution in [0.3, 0.4) is 0 Å². The van der Waals surface area contributed by atoms with E-state index in [0.29, 0.717) is 12.8 Å². The average Bonchev–Trinajstić information content (AvgIpc) is 3.24. The molecule has 1 aromatic carbocycles. The van der Waals surface area contributed by atoms with Gasteiger partial charge in [-0.3, -0.25) is 15.0 Å². The summed E-state index contributed by atoms with van der Waals surface area (Å²) in [6.45, 7) is 7.02. The molecule has 0 saturated heterocycles. The number of ether oxygens (including phenoxy) is 1. The molecule has 20 heavy (non-hydrogen) atoms. The molecule has 1 aliphatic carbocycles. The monoisotopic (exact) mass is 278 g/mol. The maximum absolute atomic E-state index is 13.8. The number of halogens is 1. The van der Waals surface area contributed by atoms with Crippen molar-refractivity contribution in [1.29, 1.82) is 0 Å². The average molecular weight is 278 g/mol. The fourth-order valence-corrected chi connectivity index (χ4v) is 2.15. The predicted octanol–water partition coefficient (Wildman–Crippen LogP) is 2.74. The number of esters is 1. The van der Waals surface area contributed by atoms with Crippen LogP contribution < -0.4 is 0 Å². The van der Waals surface area contributed by atoms with Crippen molar-refractivity contribution in [3.05, 3.63) is 50.6 Å². The van der Waals surface area contributed by atoms with Crippen LogP contribution in [-0.2, 0) is 9.53 Å². The first-order valence-electron chi connectivity index (χ1n) is 5.92. The van der Waals surface area contributed by atoms with Crippen molar-refractivity contribution < 1.29 is 18.8 Å². The fourth-order valence-electron chi connectivity index (χ4n) is 2.15. The van der Waals surface area contributed by atoms with Crippen molar-refractivity contribution in [2.75, 3.05) is 7.11 Å². The van der Waals surface area contributed by atoms with Crippen LogP contribution in [0.4, 0.5) is 10.1 Å². The fraction of sp³-hybridized carbons (Fsp3) is 0.385. The Labute approximate surface area is 114 Å². The van der Waals surface area contributed by atoms with Crippen molar-refractivity contribution >= 4 is 11.7 Å². The lowest BCUT2D eigenvalue weighted by Crippen LogP contribution is -2.14. The molecule has 0 spiro atoms. The van der Waals surface area contributed by atoms with E-state index in [-0.39, 0.29) is 17.0 Å². The van der Waals surface area contributed by atoms with Crippen LogP contribution in [0.15, 0.2) is 12.1 Å². The standard InChI is InChI=1S/C13H11FN2O4/c1-15-11(13(17)20-2)8-5-6-9(14)10(7-3-4-7)12(8)16(18)19/h5-7,11H,3-4H2,2H3. The first-order valence-corrected chi connectivity index (χ1v) is 5.92. The normalized spacial score (nSPS) is 15.2. The zero-order valence-electron chi connectivity index (χ0n) is 10.6. The minimum Gasteiger partial charge on any atom is -0.463 e. The topological polar surface area (TPSA) is 73.8 Å². The molecule has 1 fully saturated rings. The summed E-state index contributed by atoms with van der Waals surface area (Å²) >= 11 is 0. The van der Waals surface area contributed by atoms with Crippen LogP contribution in [0.5, 0.6) is 0 Å². The van der Waals surface area contributed by atoms with Gasteiger partial charge >= 0.3 is 12.0 Å².